The Hall–Kier alpha value is -2.57. The van der Waals surface area contributed by atoms with Crippen molar-refractivity contribution in [3.8, 4) is 5.75 Å². The van der Waals surface area contributed by atoms with Crippen LogP contribution in [0.2, 0.25) is 0 Å². The molecule has 3 aliphatic rings. The van der Waals surface area contributed by atoms with E-state index < -0.39 is 11.7 Å². The lowest BCUT2D eigenvalue weighted by Gasteiger charge is -2.39. The summed E-state index contributed by atoms with van der Waals surface area (Å²) in [5.74, 6) is 0.0315. The number of nitrogens with one attached hydrogen (secondary N) is 1. The monoisotopic (exact) mass is 447 g/mol. The Morgan fingerprint density at radius 1 is 1.16 bits per heavy atom. The van der Waals surface area contributed by atoms with E-state index in [-0.39, 0.29) is 35.0 Å². The fraction of sp³-hybridized carbons (Fsp3) is 0.480. The molecule has 5 rings (SSSR count). The normalized spacial score (nSPS) is 27.2. The molecule has 170 valence electrons. The van der Waals surface area contributed by atoms with Crippen LogP contribution in [0.25, 0.3) is 0 Å². The highest BCUT2D eigenvalue weighted by molar-refractivity contribution is 5.79. The van der Waals surface area contributed by atoms with Gasteiger partial charge in [-0.2, -0.15) is 13.2 Å². The highest BCUT2D eigenvalue weighted by atomic mass is 19.4. The zero-order valence-corrected chi connectivity index (χ0v) is 17.8. The van der Waals surface area contributed by atoms with Crippen LogP contribution in [0.5, 0.6) is 5.75 Å². The number of carbonyl (C=O) groups excluding carboxylic acids is 1. The van der Waals surface area contributed by atoms with Crippen LogP contribution in [0, 0.1) is 17.7 Å². The fourth-order valence-electron chi connectivity index (χ4n) is 5.58. The number of hydrogen-bond donors (Lipinski definition) is 1. The van der Waals surface area contributed by atoms with E-state index in [4.69, 9.17) is 4.74 Å². The molecule has 1 aliphatic heterocycles. The zero-order valence-electron chi connectivity index (χ0n) is 17.8. The molecule has 7 heteroatoms. The van der Waals surface area contributed by atoms with Crippen molar-refractivity contribution in [1.82, 2.24) is 5.32 Å². The van der Waals surface area contributed by atoms with Crippen molar-refractivity contribution in [2.75, 3.05) is 6.61 Å². The molecule has 1 unspecified atom stereocenters. The van der Waals surface area contributed by atoms with Gasteiger partial charge in [-0.05, 0) is 73.4 Å². The average Bonchev–Trinajstić information content (AvgIpc) is 3.10. The number of carbonyl (C=O) groups is 1. The Kier molecular flexibility index (Phi) is 4.98. The van der Waals surface area contributed by atoms with Crippen LogP contribution in [0.15, 0.2) is 36.4 Å². The highest BCUT2D eigenvalue weighted by Crippen LogP contribution is 2.51. The second-order valence-electron chi connectivity index (χ2n) is 9.51. The molecule has 2 aromatic rings. The lowest BCUT2D eigenvalue weighted by molar-refractivity contribution is -0.137. The van der Waals surface area contributed by atoms with Gasteiger partial charge in [-0.1, -0.05) is 19.1 Å². The van der Waals surface area contributed by atoms with Crippen molar-refractivity contribution < 1.29 is 27.1 Å². The number of ether oxygens (including phenoxy) is 1. The maximum atomic E-state index is 13.5. The third-order valence-corrected chi connectivity index (χ3v) is 7.72. The van der Waals surface area contributed by atoms with Crippen LogP contribution in [-0.2, 0) is 22.8 Å². The first-order valence-corrected chi connectivity index (χ1v) is 11.1. The Bertz CT molecular complexity index is 1060. The first-order valence-electron chi connectivity index (χ1n) is 11.1. The van der Waals surface area contributed by atoms with Gasteiger partial charge in [0.1, 0.15) is 11.6 Å². The van der Waals surface area contributed by atoms with Crippen molar-refractivity contribution in [2.45, 2.75) is 56.7 Å². The van der Waals surface area contributed by atoms with E-state index in [1.54, 1.807) is 12.1 Å². The largest absolute Gasteiger partial charge is 0.492 e. The fourth-order valence-corrected chi connectivity index (χ4v) is 5.58. The molecule has 0 bridgehead atoms. The lowest BCUT2D eigenvalue weighted by atomic mass is 9.65. The number of hydrogen-bond acceptors (Lipinski definition) is 2. The van der Waals surface area contributed by atoms with Gasteiger partial charge in [0, 0.05) is 16.9 Å². The molecule has 3 nitrogen and oxygen atoms in total. The zero-order chi connectivity index (χ0) is 22.7. The summed E-state index contributed by atoms with van der Waals surface area (Å²) in [6.45, 7) is 2.32. The first kappa shape index (κ1) is 21.3. The van der Waals surface area contributed by atoms with Gasteiger partial charge in [-0.25, -0.2) is 4.39 Å². The molecule has 1 heterocycles. The van der Waals surface area contributed by atoms with Crippen molar-refractivity contribution in [2.24, 2.45) is 11.8 Å². The number of rotatable bonds is 3. The molecular weight excluding hydrogens is 422 g/mol. The number of fused-ring (bicyclic) bond motifs is 3. The first-order chi connectivity index (χ1) is 15.2. The van der Waals surface area contributed by atoms with Crippen LogP contribution in [0.3, 0.4) is 0 Å². The minimum Gasteiger partial charge on any atom is -0.492 e. The summed E-state index contributed by atoms with van der Waals surface area (Å²) in [4.78, 5) is 12.8. The Labute approximate surface area is 184 Å². The molecule has 2 aliphatic carbocycles. The maximum absolute atomic E-state index is 13.5. The van der Waals surface area contributed by atoms with Crippen molar-refractivity contribution >= 4 is 5.91 Å². The molecule has 0 radical (unpaired) electrons. The van der Waals surface area contributed by atoms with Gasteiger partial charge >= 0.3 is 6.18 Å². The molecule has 2 aromatic carbocycles. The Morgan fingerprint density at radius 3 is 2.62 bits per heavy atom. The van der Waals surface area contributed by atoms with Crippen LogP contribution < -0.4 is 10.1 Å². The van der Waals surface area contributed by atoms with Gasteiger partial charge in [-0.3, -0.25) is 4.79 Å². The third-order valence-electron chi connectivity index (χ3n) is 7.72. The van der Waals surface area contributed by atoms with Crippen molar-refractivity contribution in [3.05, 3.63) is 64.5 Å². The van der Waals surface area contributed by atoms with Gasteiger partial charge in [0.05, 0.1) is 18.2 Å². The summed E-state index contributed by atoms with van der Waals surface area (Å²) in [5.41, 5.74) is 1.82. The van der Waals surface area contributed by atoms with E-state index in [9.17, 15) is 22.4 Å². The summed E-state index contributed by atoms with van der Waals surface area (Å²) >= 11 is 0. The van der Waals surface area contributed by atoms with Crippen molar-refractivity contribution in [3.63, 3.8) is 0 Å². The molecule has 1 spiro atoms. The minimum absolute atomic E-state index is 0.0243. The molecule has 1 N–H and O–H groups in total. The molecule has 1 saturated carbocycles. The van der Waals surface area contributed by atoms with E-state index in [0.29, 0.717) is 12.4 Å². The molecule has 32 heavy (non-hydrogen) atoms. The molecular formula is C25H25F4NO2. The molecule has 2 atom stereocenters. The minimum atomic E-state index is -4.39. The predicted octanol–water partition coefficient (Wildman–Crippen LogP) is 5.71. The second kappa shape index (κ2) is 7.49. The van der Waals surface area contributed by atoms with E-state index in [1.165, 1.54) is 12.1 Å². The summed E-state index contributed by atoms with van der Waals surface area (Å²) in [5, 5.41) is 3.06. The van der Waals surface area contributed by atoms with E-state index in [0.717, 1.165) is 60.9 Å². The number of amides is 1. The third kappa shape index (κ3) is 3.55. The highest BCUT2D eigenvalue weighted by Gasteiger charge is 2.46. The average molecular weight is 447 g/mol. The van der Waals surface area contributed by atoms with Crippen LogP contribution in [0.1, 0.15) is 60.9 Å². The number of alkyl halides is 3. The molecule has 1 fully saturated rings. The molecule has 0 saturated heterocycles. The standard InChI is InChI=1S/C25H25F4NO2/c1-14(23(31)30-21-10-16-2-4-18(26)12-19(16)21)15-6-8-24(9-7-15)13-32-22-11-17(25(27,28)29)3-5-20(22)24/h2-5,11-12,14-15,21H,6-10,13H2,1H3,(H,30,31)/t14-,15?,21?,24?/m0/s1. The van der Waals surface area contributed by atoms with E-state index in [1.807, 2.05) is 6.92 Å². The SMILES string of the molecule is C[C@H](C(=O)NC1Cc2ccc(F)cc21)C1CCC2(CC1)COc1cc(C(F)(F)F)ccc12. The van der Waals surface area contributed by atoms with E-state index in [2.05, 4.69) is 5.32 Å². The lowest BCUT2D eigenvalue weighted by Crippen LogP contribution is -2.42. The Balaban J connectivity index is 1.22. The summed E-state index contributed by atoms with van der Waals surface area (Å²) in [6, 6.07) is 8.35. The van der Waals surface area contributed by atoms with E-state index >= 15 is 0 Å². The van der Waals surface area contributed by atoms with Gasteiger partial charge < -0.3 is 10.1 Å². The smallest absolute Gasteiger partial charge is 0.416 e. The van der Waals surface area contributed by atoms with Gasteiger partial charge in [0.15, 0.2) is 0 Å². The predicted molar refractivity (Wildman–Crippen MR) is 111 cm³/mol. The molecule has 1 amide bonds. The second-order valence-corrected chi connectivity index (χ2v) is 9.51. The molecule has 0 aromatic heterocycles. The van der Waals surface area contributed by atoms with Crippen molar-refractivity contribution in [1.29, 1.82) is 0 Å². The number of halogens is 4. The maximum Gasteiger partial charge on any atom is 0.416 e. The summed E-state index contributed by atoms with van der Waals surface area (Å²) < 4.78 is 58.2. The summed E-state index contributed by atoms with van der Waals surface area (Å²) in [7, 11) is 0. The van der Waals surface area contributed by atoms with Gasteiger partial charge in [0.2, 0.25) is 5.91 Å². The van der Waals surface area contributed by atoms with Gasteiger partial charge in [-0.15, -0.1) is 0 Å². The van der Waals surface area contributed by atoms with Gasteiger partial charge in [0.25, 0.3) is 0 Å². The van der Waals surface area contributed by atoms with Crippen LogP contribution in [0.4, 0.5) is 17.6 Å². The van der Waals surface area contributed by atoms with Crippen LogP contribution >= 0.6 is 0 Å². The van der Waals surface area contributed by atoms with Crippen LogP contribution in [-0.4, -0.2) is 12.5 Å². The Morgan fingerprint density at radius 2 is 1.91 bits per heavy atom. The topological polar surface area (TPSA) is 38.3 Å². The number of benzene rings is 2. The quantitative estimate of drug-likeness (QED) is 0.612. The summed E-state index contributed by atoms with van der Waals surface area (Å²) in [6.07, 6.45) is -0.476.